The minimum atomic E-state index is -0.153. The van der Waals surface area contributed by atoms with Crippen molar-refractivity contribution >= 4 is 42.4 Å². The summed E-state index contributed by atoms with van der Waals surface area (Å²) in [5.74, 6) is 0. The SMILES string of the molecule is Cc1cc(C)c([S+](c2ccc3sc4ccccc4c3c2)c2cc(C)c(C)cc2C)cc1C. The molecule has 0 amide bonds. The molecule has 0 saturated heterocycles. The van der Waals surface area contributed by atoms with Crippen LogP contribution in [0, 0.1) is 41.5 Å². The van der Waals surface area contributed by atoms with E-state index in [1.807, 2.05) is 11.3 Å². The van der Waals surface area contributed by atoms with Gasteiger partial charge >= 0.3 is 0 Å². The van der Waals surface area contributed by atoms with Gasteiger partial charge in [-0.05, 0) is 94.1 Å². The molecule has 5 rings (SSSR count). The zero-order chi connectivity index (χ0) is 22.6. The Labute approximate surface area is 198 Å². The van der Waals surface area contributed by atoms with Crippen molar-refractivity contribution < 1.29 is 0 Å². The van der Waals surface area contributed by atoms with Gasteiger partial charge in [0.05, 0.1) is 10.9 Å². The second-order valence-corrected chi connectivity index (χ2v) is 12.0. The van der Waals surface area contributed by atoms with Gasteiger partial charge in [0.15, 0.2) is 14.7 Å². The van der Waals surface area contributed by atoms with Crippen LogP contribution in [0.3, 0.4) is 0 Å². The molecule has 0 bridgehead atoms. The van der Waals surface area contributed by atoms with Crippen molar-refractivity contribution in [1.82, 2.24) is 0 Å². The van der Waals surface area contributed by atoms with Gasteiger partial charge in [-0.1, -0.05) is 30.3 Å². The minimum Gasteiger partial charge on any atom is -0.135 e. The van der Waals surface area contributed by atoms with Crippen molar-refractivity contribution in [2.24, 2.45) is 0 Å². The van der Waals surface area contributed by atoms with E-state index in [-0.39, 0.29) is 10.9 Å². The number of thiophene rings is 1. The Hall–Kier alpha value is -2.55. The fourth-order valence-electron chi connectivity index (χ4n) is 4.51. The highest BCUT2D eigenvalue weighted by atomic mass is 32.2. The third kappa shape index (κ3) is 3.56. The first-order chi connectivity index (χ1) is 15.3. The predicted molar refractivity (Wildman–Crippen MR) is 143 cm³/mol. The average Bonchev–Trinajstić information content (AvgIpc) is 3.13. The van der Waals surface area contributed by atoms with Crippen LogP contribution >= 0.6 is 11.3 Å². The van der Waals surface area contributed by atoms with E-state index in [2.05, 4.69) is 108 Å². The maximum absolute atomic E-state index is 2.46. The smallest absolute Gasteiger partial charge is 0.135 e. The molecule has 160 valence electrons. The lowest BCUT2D eigenvalue weighted by Gasteiger charge is -2.15. The number of hydrogen-bond acceptors (Lipinski definition) is 1. The molecule has 0 spiro atoms. The molecule has 1 aromatic heterocycles. The molecule has 0 fully saturated rings. The van der Waals surface area contributed by atoms with Gasteiger partial charge in [0.25, 0.3) is 0 Å². The summed E-state index contributed by atoms with van der Waals surface area (Å²) in [6.07, 6.45) is 0. The zero-order valence-electron chi connectivity index (χ0n) is 19.7. The van der Waals surface area contributed by atoms with Crippen molar-refractivity contribution in [3.63, 3.8) is 0 Å². The van der Waals surface area contributed by atoms with Crippen LogP contribution in [-0.2, 0) is 10.9 Å². The molecule has 5 aromatic rings. The topological polar surface area (TPSA) is 0 Å². The second kappa shape index (κ2) is 8.10. The van der Waals surface area contributed by atoms with E-state index in [0.717, 1.165) is 0 Å². The van der Waals surface area contributed by atoms with Crippen LogP contribution in [0.1, 0.15) is 33.4 Å². The molecule has 2 heteroatoms. The van der Waals surface area contributed by atoms with Gasteiger partial charge in [-0.25, -0.2) is 0 Å². The maximum Gasteiger partial charge on any atom is 0.169 e. The molecule has 0 radical (unpaired) electrons. The molecule has 0 aliphatic rings. The average molecular weight is 454 g/mol. The van der Waals surface area contributed by atoms with Gasteiger partial charge in [-0.2, -0.15) is 0 Å². The first-order valence-electron chi connectivity index (χ1n) is 11.1. The van der Waals surface area contributed by atoms with Crippen LogP contribution in [0.25, 0.3) is 20.2 Å². The molecule has 0 aliphatic heterocycles. The molecule has 0 atom stereocenters. The van der Waals surface area contributed by atoms with E-state index < -0.39 is 0 Å². The largest absolute Gasteiger partial charge is 0.169 e. The fraction of sp³-hybridized carbons (Fsp3) is 0.200. The summed E-state index contributed by atoms with van der Waals surface area (Å²) in [4.78, 5) is 4.29. The summed E-state index contributed by atoms with van der Waals surface area (Å²) in [7, 11) is -0.153. The molecule has 0 N–H and O–H groups in total. The Kier molecular flexibility index (Phi) is 5.39. The molecule has 0 saturated carbocycles. The number of aryl methyl sites for hydroxylation is 6. The third-order valence-electron chi connectivity index (χ3n) is 6.61. The number of rotatable bonds is 3. The second-order valence-electron chi connectivity index (χ2n) is 8.97. The van der Waals surface area contributed by atoms with Crippen molar-refractivity contribution in [3.8, 4) is 0 Å². The van der Waals surface area contributed by atoms with E-state index in [1.165, 1.54) is 68.2 Å². The van der Waals surface area contributed by atoms with Gasteiger partial charge in [-0.3, -0.25) is 0 Å². The molecular weight excluding hydrogens is 424 g/mol. The summed E-state index contributed by atoms with van der Waals surface area (Å²) >= 11 is 1.89. The van der Waals surface area contributed by atoms with E-state index >= 15 is 0 Å². The highest BCUT2D eigenvalue weighted by molar-refractivity contribution is 7.97. The lowest BCUT2D eigenvalue weighted by Crippen LogP contribution is -2.10. The maximum atomic E-state index is 2.46. The Morgan fingerprint density at radius 3 is 1.66 bits per heavy atom. The lowest BCUT2D eigenvalue weighted by atomic mass is 10.1. The van der Waals surface area contributed by atoms with Crippen LogP contribution in [0.2, 0.25) is 0 Å². The van der Waals surface area contributed by atoms with Crippen LogP contribution in [0.15, 0.2) is 81.4 Å². The van der Waals surface area contributed by atoms with Gasteiger partial charge in [0.1, 0.15) is 0 Å². The van der Waals surface area contributed by atoms with E-state index in [9.17, 15) is 0 Å². The zero-order valence-corrected chi connectivity index (χ0v) is 21.3. The van der Waals surface area contributed by atoms with Gasteiger partial charge in [0, 0.05) is 37.4 Å². The van der Waals surface area contributed by atoms with Crippen LogP contribution in [-0.4, -0.2) is 0 Å². The van der Waals surface area contributed by atoms with E-state index in [4.69, 9.17) is 0 Å². The van der Waals surface area contributed by atoms with Crippen molar-refractivity contribution in [2.45, 2.75) is 56.2 Å². The molecule has 1 heterocycles. The van der Waals surface area contributed by atoms with Crippen LogP contribution in [0.4, 0.5) is 0 Å². The number of fused-ring (bicyclic) bond motifs is 3. The van der Waals surface area contributed by atoms with Crippen molar-refractivity contribution in [2.75, 3.05) is 0 Å². The number of benzene rings is 4. The third-order valence-corrected chi connectivity index (χ3v) is 10.2. The fourth-order valence-corrected chi connectivity index (χ4v) is 8.13. The molecule has 32 heavy (non-hydrogen) atoms. The summed E-state index contributed by atoms with van der Waals surface area (Å²) in [6.45, 7) is 13.5. The monoisotopic (exact) mass is 453 g/mol. The molecule has 0 nitrogen and oxygen atoms in total. The van der Waals surface area contributed by atoms with Gasteiger partial charge in [-0.15, -0.1) is 11.3 Å². The molecule has 4 aromatic carbocycles. The number of hydrogen-bond donors (Lipinski definition) is 0. The Morgan fingerprint density at radius 2 is 1.03 bits per heavy atom. The summed E-state index contributed by atoms with van der Waals surface area (Å²) < 4.78 is 2.73. The molecule has 0 aliphatic carbocycles. The van der Waals surface area contributed by atoms with Crippen LogP contribution in [0.5, 0.6) is 0 Å². The first-order valence-corrected chi connectivity index (χ1v) is 13.2. The van der Waals surface area contributed by atoms with Crippen molar-refractivity contribution in [1.29, 1.82) is 0 Å². The van der Waals surface area contributed by atoms with Crippen molar-refractivity contribution in [3.05, 3.63) is 100 Å². The summed E-state index contributed by atoms with van der Waals surface area (Å²) in [6, 6.07) is 25.5. The Balaban J connectivity index is 1.82. The Morgan fingerprint density at radius 1 is 0.500 bits per heavy atom. The standard InChI is InChI=1S/C30H29S2/c1-18-13-22(5)29(15-20(18)3)32(30-16-21(4)19(2)14-23(30)6)24-11-12-28-26(17-24)25-9-7-8-10-27(25)31-28/h7-17H,1-6H3/q+1. The summed E-state index contributed by atoms with van der Waals surface area (Å²) in [5, 5.41) is 2.75. The normalized spacial score (nSPS) is 11.7. The predicted octanol–water partition coefficient (Wildman–Crippen LogP) is 9.00. The van der Waals surface area contributed by atoms with E-state index in [1.54, 1.807) is 0 Å². The lowest BCUT2D eigenvalue weighted by molar-refractivity contribution is 1.16. The highest BCUT2D eigenvalue weighted by Gasteiger charge is 2.33. The minimum absolute atomic E-state index is 0.153. The highest BCUT2D eigenvalue weighted by Crippen LogP contribution is 2.41. The first kappa shape index (κ1) is 21.3. The van der Waals surface area contributed by atoms with Crippen LogP contribution < -0.4 is 0 Å². The van der Waals surface area contributed by atoms with E-state index in [0.29, 0.717) is 0 Å². The van der Waals surface area contributed by atoms with Gasteiger partial charge < -0.3 is 0 Å². The quantitative estimate of drug-likeness (QED) is 0.239. The summed E-state index contributed by atoms with van der Waals surface area (Å²) in [5.41, 5.74) is 8.23. The molecule has 0 unspecified atom stereocenters. The Bertz CT molecular complexity index is 1430. The molecular formula is C30H29S2+. The van der Waals surface area contributed by atoms with Gasteiger partial charge in [0.2, 0.25) is 0 Å².